The molecule has 5 nitrogen and oxygen atoms in total. The zero-order chi connectivity index (χ0) is 17.2. The number of carbonyl (C=O) groups excluding carboxylic acids is 2. The number of hydrogen-bond acceptors (Lipinski definition) is 4. The Hall–Kier alpha value is -1.53. The first-order valence-electron chi connectivity index (χ1n) is 7.28. The molecular formula is C16H20ClN3O2S. The van der Waals surface area contributed by atoms with Crippen molar-refractivity contribution >= 4 is 46.0 Å². The van der Waals surface area contributed by atoms with Crippen molar-refractivity contribution in [3.05, 3.63) is 28.8 Å². The lowest BCUT2D eigenvalue weighted by molar-refractivity contribution is -0.122. The Kier molecular flexibility index (Phi) is 5.37. The standard InChI is InChI=1S/C16H20ClN3O2S/c1-9-10(17)6-5-7-11(9)18-13(21)8-12-14(22)19-15(23-12)20-16(2,3)4/h5-7,12H,8H2,1-4H3,(H,18,21)(H,19,20,22)/t12-/m0/s1. The molecule has 1 fully saturated rings. The Morgan fingerprint density at radius 1 is 1.43 bits per heavy atom. The maximum absolute atomic E-state index is 12.2. The molecule has 2 N–H and O–H groups in total. The average Bonchev–Trinajstić information content (AvgIpc) is 2.72. The van der Waals surface area contributed by atoms with Gasteiger partial charge in [0.2, 0.25) is 11.8 Å². The third-order valence-corrected chi connectivity index (χ3v) is 4.62. The molecule has 0 unspecified atom stereocenters. The molecule has 7 heteroatoms. The van der Waals surface area contributed by atoms with Gasteiger partial charge in [-0.1, -0.05) is 29.4 Å². The summed E-state index contributed by atoms with van der Waals surface area (Å²) in [7, 11) is 0. The number of rotatable bonds is 3. The SMILES string of the molecule is Cc1c(Cl)cccc1NC(=O)C[C@@H]1SC(=NC(C)(C)C)NC1=O. The van der Waals surface area contributed by atoms with E-state index in [9.17, 15) is 9.59 Å². The lowest BCUT2D eigenvalue weighted by Crippen LogP contribution is -2.29. The zero-order valence-corrected chi connectivity index (χ0v) is 15.1. The highest BCUT2D eigenvalue weighted by Crippen LogP contribution is 2.26. The molecule has 1 aromatic rings. The van der Waals surface area contributed by atoms with Crippen LogP contribution in [0.5, 0.6) is 0 Å². The highest BCUT2D eigenvalue weighted by atomic mass is 35.5. The summed E-state index contributed by atoms with van der Waals surface area (Å²) in [6.07, 6.45) is 0.0889. The van der Waals surface area contributed by atoms with Crippen LogP contribution in [0.3, 0.4) is 0 Å². The Morgan fingerprint density at radius 2 is 2.13 bits per heavy atom. The molecular weight excluding hydrogens is 334 g/mol. The fourth-order valence-electron chi connectivity index (χ4n) is 2.01. The first-order chi connectivity index (χ1) is 10.7. The maximum Gasteiger partial charge on any atom is 0.240 e. The number of halogens is 1. The quantitative estimate of drug-likeness (QED) is 0.875. The van der Waals surface area contributed by atoms with Crippen LogP contribution in [0.2, 0.25) is 5.02 Å². The molecule has 1 aromatic carbocycles. The van der Waals surface area contributed by atoms with Crippen LogP contribution >= 0.6 is 23.4 Å². The minimum atomic E-state index is -0.462. The summed E-state index contributed by atoms with van der Waals surface area (Å²) in [6.45, 7) is 7.70. The molecule has 124 valence electrons. The van der Waals surface area contributed by atoms with E-state index in [1.54, 1.807) is 18.2 Å². The molecule has 0 bridgehead atoms. The molecule has 1 aliphatic rings. The lowest BCUT2D eigenvalue weighted by atomic mass is 10.1. The molecule has 23 heavy (non-hydrogen) atoms. The first-order valence-corrected chi connectivity index (χ1v) is 8.54. The van der Waals surface area contributed by atoms with Gasteiger partial charge in [0.05, 0.1) is 5.54 Å². The van der Waals surface area contributed by atoms with Crippen LogP contribution in [0.1, 0.15) is 32.8 Å². The molecule has 0 spiro atoms. The number of benzene rings is 1. The van der Waals surface area contributed by atoms with Crippen molar-refractivity contribution in [1.29, 1.82) is 0 Å². The topological polar surface area (TPSA) is 70.6 Å². The average molecular weight is 354 g/mol. The number of thioether (sulfide) groups is 1. The van der Waals surface area contributed by atoms with Gasteiger partial charge in [-0.05, 0) is 45.4 Å². The minimum Gasteiger partial charge on any atom is -0.326 e. The molecule has 0 radical (unpaired) electrons. The fraction of sp³-hybridized carbons (Fsp3) is 0.438. The predicted octanol–water partition coefficient (Wildman–Crippen LogP) is 3.36. The van der Waals surface area contributed by atoms with E-state index in [1.165, 1.54) is 11.8 Å². The zero-order valence-electron chi connectivity index (χ0n) is 13.6. The van der Waals surface area contributed by atoms with E-state index in [2.05, 4.69) is 15.6 Å². The molecule has 0 aromatic heterocycles. The Balaban J connectivity index is 2.00. The summed E-state index contributed by atoms with van der Waals surface area (Å²) in [5.41, 5.74) is 1.19. The van der Waals surface area contributed by atoms with Crippen molar-refractivity contribution in [2.45, 2.75) is 44.9 Å². The molecule has 1 atom stereocenters. The van der Waals surface area contributed by atoms with Crippen LogP contribution in [0, 0.1) is 6.92 Å². The summed E-state index contributed by atoms with van der Waals surface area (Å²) >= 11 is 7.33. The van der Waals surface area contributed by atoms with E-state index in [0.717, 1.165) is 5.56 Å². The summed E-state index contributed by atoms with van der Waals surface area (Å²) in [6, 6.07) is 5.32. The Bertz CT molecular complexity index is 668. The Labute approximate surface area is 145 Å². The van der Waals surface area contributed by atoms with E-state index in [0.29, 0.717) is 15.9 Å². The number of anilines is 1. The third-order valence-electron chi connectivity index (χ3n) is 3.13. The highest BCUT2D eigenvalue weighted by molar-refractivity contribution is 8.15. The number of amidine groups is 1. The van der Waals surface area contributed by atoms with Gasteiger partial charge in [0, 0.05) is 17.1 Å². The van der Waals surface area contributed by atoms with E-state index in [1.807, 2.05) is 27.7 Å². The largest absolute Gasteiger partial charge is 0.326 e. The normalized spacial score (nSPS) is 19.8. The predicted molar refractivity (Wildman–Crippen MR) is 96.1 cm³/mol. The van der Waals surface area contributed by atoms with Crippen molar-refractivity contribution in [2.75, 3.05) is 5.32 Å². The second-order valence-electron chi connectivity index (χ2n) is 6.35. The van der Waals surface area contributed by atoms with Gasteiger partial charge in [-0.15, -0.1) is 0 Å². The molecule has 2 amide bonds. The number of hydrogen-bond donors (Lipinski definition) is 2. The van der Waals surface area contributed by atoms with Gasteiger partial charge >= 0.3 is 0 Å². The van der Waals surface area contributed by atoms with Crippen LogP contribution in [-0.4, -0.2) is 27.8 Å². The second-order valence-corrected chi connectivity index (χ2v) is 7.95. The van der Waals surface area contributed by atoms with E-state index in [4.69, 9.17) is 11.6 Å². The molecule has 1 aliphatic heterocycles. The summed E-state index contributed by atoms with van der Waals surface area (Å²) < 4.78 is 0. The van der Waals surface area contributed by atoms with Gasteiger partial charge in [-0.3, -0.25) is 14.6 Å². The first kappa shape index (κ1) is 17.8. The highest BCUT2D eigenvalue weighted by Gasteiger charge is 2.33. The number of nitrogens with zero attached hydrogens (tertiary/aromatic N) is 1. The summed E-state index contributed by atoms with van der Waals surface area (Å²) in [4.78, 5) is 28.6. The van der Waals surface area contributed by atoms with Gasteiger partial charge < -0.3 is 10.6 Å². The van der Waals surface area contributed by atoms with Crippen LogP contribution in [0.4, 0.5) is 5.69 Å². The number of nitrogens with one attached hydrogen (secondary N) is 2. The van der Waals surface area contributed by atoms with Gasteiger partial charge in [-0.2, -0.15) is 0 Å². The number of amides is 2. The van der Waals surface area contributed by atoms with Gasteiger partial charge in [-0.25, -0.2) is 0 Å². The molecule has 2 rings (SSSR count). The van der Waals surface area contributed by atoms with Crippen molar-refractivity contribution < 1.29 is 9.59 Å². The van der Waals surface area contributed by atoms with Gasteiger partial charge in [0.1, 0.15) is 5.25 Å². The van der Waals surface area contributed by atoms with Crippen molar-refractivity contribution in [2.24, 2.45) is 4.99 Å². The second kappa shape index (κ2) is 6.93. The lowest BCUT2D eigenvalue weighted by Gasteiger charge is -2.12. The summed E-state index contributed by atoms with van der Waals surface area (Å²) in [5.74, 6) is -0.406. The minimum absolute atomic E-state index is 0.0889. The van der Waals surface area contributed by atoms with Crippen LogP contribution in [0.15, 0.2) is 23.2 Å². The molecule has 0 aliphatic carbocycles. The van der Waals surface area contributed by atoms with Gasteiger partial charge in [0.25, 0.3) is 0 Å². The maximum atomic E-state index is 12.2. The monoisotopic (exact) mass is 353 g/mol. The van der Waals surface area contributed by atoms with E-state index >= 15 is 0 Å². The smallest absolute Gasteiger partial charge is 0.240 e. The number of carbonyl (C=O) groups is 2. The third kappa shape index (κ3) is 4.97. The Morgan fingerprint density at radius 3 is 2.78 bits per heavy atom. The summed E-state index contributed by atoms with van der Waals surface area (Å²) in [5, 5.41) is 6.23. The van der Waals surface area contributed by atoms with E-state index < -0.39 is 5.25 Å². The van der Waals surface area contributed by atoms with Crippen molar-refractivity contribution in [3.63, 3.8) is 0 Å². The van der Waals surface area contributed by atoms with Crippen LogP contribution in [0.25, 0.3) is 0 Å². The van der Waals surface area contributed by atoms with Crippen LogP contribution in [-0.2, 0) is 9.59 Å². The van der Waals surface area contributed by atoms with Crippen molar-refractivity contribution in [3.8, 4) is 0 Å². The van der Waals surface area contributed by atoms with Crippen LogP contribution < -0.4 is 10.6 Å². The number of aliphatic imine (C=N–C) groups is 1. The van der Waals surface area contributed by atoms with Gasteiger partial charge in [0.15, 0.2) is 5.17 Å². The van der Waals surface area contributed by atoms with Crippen molar-refractivity contribution in [1.82, 2.24) is 5.32 Å². The fourth-order valence-corrected chi connectivity index (χ4v) is 3.34. The molecule has 0 saturated carbocycles. The molecule has 1 saturated heterocycles. The molecule has 1 heterocycles. The van der Waals surface area contributed by atoms with E-state index in [-0.39, 0.29) is 23.8 Å².